The van der Waals surface area contributed by atoms with Gasteiger partial charge in [0.2, 0.25) is 0 Å². The molecule has 0 bridgehead atoms. The molecular weight excluding hydrogens is 358 g/mol. The van der Waals surface area contributed by atoms with E-state index >= 15 is 0 Å². The number of imide groups is 1. The van der Waals surface area contributed by atoms with Gasteiger partial charge < -0.3 is 14.8 Å². The molecule has 8 heteroatoms. The highest BCUT2D eigenvalue weighted by Gasteiger charge is 2.50. The lowest BCUT2D eigenvalue weighted by atomic mass is 9.91. The lowest BCUT2D eigenvalue weighted by Crippen LogP contribution is -2.42. The number of nitrogens with one attached hydrogen (secondary N) is 1. The largest absolute Gasteiger partial charge is 0.493 e. The van der Waals surface area contributed by atoms with Crippen molar-refractivity contribution >= 4 is 11.9 Å². The van der Waals surface area contributed by atoms with Crippen LogP contribution in [0.25, 0.3) is 0 Å². The van der Waals surface area contributed by atoms with Gasteiger partial charge in [-0.3, -0.25) is 9.69 Å². The minimum Gasteiger partial charge on any atom is -0.493 e. The van der Waals surface area contributed by atoms with Gasteiger partial charge in [-0.1, -0.05) is 12.1 Å². The van der Waals surface area contributed by atoms with Crippen LogP contribution in [0.3, 0.4) is 0 Å². The molecular formula is C19H18F2N2O4. The van der Waals surface area contributed by atoms with Gasteiger partial charge in [-0.25, -0.2) is 13.6 Å². The first kappa shape index (κ1) is 18.6. The van der Waals surface area contributed by atoms with Crippen LogP contribution in [0, 0.1) is 11.6 Å². The standard InChI is InChI=1S/C19H18F2N2O4/c1-19(13-11-12(20)7-8-14(13)21)17(24)23(18(25)22-19)9-10-27-16-6-4-3-5-15(16)26-2/h3-8,11H,9-10H2,1-2H3,(H,22,25). The van der Waals surface area contributed by atoms with Crippen LogP contribution in [0.4, 0.5) is 13.6 Å². The second-order valence-corrected chi connectivity index (χ2v) is 6.14. The van der Waals surface area contributed by atoms with E-state index in [1.807, 2.05) is 0 Å². The molecule has 1 heterocycles. The van der Waals surface area contributed by atoms with Gasteiger partial charge in [0.25, 0.3) is 5.91 Å². The van der Waals surface area contributed by atoms with Gasteiger partial charge in [0.1, 0.15) is 23.8 Å². The summed E-state index contributed by atoms with van der Waals surface area (Å²) in [4.78, 5) is 25.9. The molecule has 1 atom stereocenters. The quantitative estimate of drug-likeness (QED) is 0.788. The number of para-hydroxylation sites is 2. The monoisotopic (exact) mass is 376 g/mol. The molecule has 6 nitrogen and oxygen atoms in total. The molecule has 27 heavy (non-hydrogen) atoms. The Labute approximate surface area is 154 Å². The van der Waals surface area contributed by atoms with E-state index in [0.29, 0.717) is 11.5 Å². The topological polar surface area (TPSA) is 67.9 Å². The van der Waals surface area contributed by atoms with E-state index < -0.39 is 29.1 Å². The average molecular weight is 376 g/mol. The Morgan fingerprint density at radius 2 is 1.81 bits per heavy atom. The number of nitrogens with zero attached hydrogens (tertiary/aromatic N) is 1. The van der Waals surface area contributed by atoms with Crippen molar-refractivity contribution in [2.24, 2.45) is 0 Å². The summed E-state index contributed by atoms with van der Waals surface area (Å²) >= 11 is 0. The molecule has 3 amide bonds. The maximum absolute atomic E-state index is 14.1. The van der Waals surface area contributed by atoms with Crippen LogP contribution >= 0.6 is 0 Å². The van der Waals surface area contributed by atoms with Gasteiger partial charge in [0.15, 0.2) is 11.5 Å². The fraction of sp³-hybridized carbons (Fsp3) is 0.263. The summed E-state index contributed by atoms with van der Waals surface area (Å²) in [5.74, 6) is -1.18. The molecule has 0 aliphatic carbocycles. The third-order valence-electron chi connectivity index (χ3n) is 4.38. The third kappa shape index (κ3) is 3.42. The van der Waals surface area contributed by atoms with Crippen LogP contribution in [0.15, 0.2) is 42.5 Å². The maximum Gasteiger partial charge on any atom is 0.325 e. The zero-order valence-electron chi connectivity index (χ0n) is 14.8. The molecule has 142 valence electrons. The van der Waals surface area contributed by atoms with Gasteiger partial charge in [-0.2, -0.15) is 0 Å². The summed E-state index contributed by atoms with van der Waals surface area (Å²) in [5, 5.41) is 2.44. The number of amides is 3. The number of carbonyl (C=O) groups is 2. The van der Waals surface area contributed by atoms with Gasteiger partial charge in [-0.05, 0) is 37.3 Å². The van der Waals surface area contributed by atoms with Crippen LogP contribution in [-0.2, 0) is 10.3 Å². The van der Waals surface area contributed by atoms with E-state index in [-0.39, 0.29) is 18.7 Å². The van der Waals surface area contributed by atoms with Crippen LogP contribution in [-0.4, -0.2) is 37.1 Å². The first-order chi connectivity index (χ1) is 12.9. The van der Waals surface area contributed by atoms with E-state index in [0.717, 1.165) is 23.1 Å². The van der Waals surface area contributed by atoms with Crippen molar-refractivity contribution in [3.8, 4) is 11.5 Å². The molecule has 0 spiro atoms. The Bertz CT molecular complexity index is 890. The molecule has 2 aromatic carbocycles. The lowest BCUT2D eigenvalue weighted by Gasteiger charge is -2.23. The molecule has 1 saturated heterocycles. The number of ether oxygens (including phenoxy) is 2. The third-order valence-corrected chi connectivity index (χ3v) is 4.38. The van der Waals surface area contributed by atoms with Crippen LogP contribution in [0.1, 0.15) is 12.5 Å². The number of benzene rings is 2. The number of methoxy groups -OCH3 is 1. The predicted octanol–water partition coefficient (Wildman–Crippen LogP) is 2.82. The van der Waals surface area contributed by atoms with Crippen molar-refractivity contribution in [3.63, 3.8) is 0 Å². The molecule has 1 aliphatic heterocycles. The van der Waals surface area contributed by atoms with Gasteiger partial charge >= 0.3 is 6.03 Å². The molecule has 0 radical (unpaired) electrons. The number of rotatable bonds is 6. The van der Waals surface area contributed by atoms with Crippen molar-refractivity contribution in [3.05, 3.63) is 59.7 Å². The summed E-state index contributed by atoms with van der Waals surface area (Å²) in [6.07, 6.45) is 0. The first-order valence-electron chi connectivity index (χ1n) is 8.22. The second kappa shape index (κ2) is 7.22. The first-order valence-corrected chi connectivity index (χ1v) is 8.22. The Morgan fingerprint density at radius 1 is 1.11 bits per heavy atom. The Morgan fingerprint density at radius 3 is 2.52 bits per heavy atom. The molecule has 1 aliphatic rings. The van der Waals surface area contributed by atoms with Crippen molar-refractivity contribution in [2.45, 2.75) is 12.5 Å². The van der Waals surface area contributed by atoms with E-state index in [1.165, 1.54) is 14.0 Å². The molecule has 3 rings (SSSR count). The average Bonchev–Trinajstić information content (AvgIpc) is 2.87. The summed E-state index contributed by atoms with van der Waals surface area (Å²) in [5.41, 5.74) is -1.91. The van der Waals surface area contributed by atoms with E-state index in [9.17, 15) is 18.4 Å². The Balaban J connectivity index is 1.73. The van der Waals surface area contributed by atoms with Crippen molar-refractivity contribution in [1.29, 1.82) is 0 Å². The fourth-order valence-electron chi connectivity index (χ4n) is 2.95. The maximum atomic E-state index is 14.1. The summed E-state index contributed by atoms with van der Waals surface area (Å²) in [6, 6.07) is 9.02. The fourth-order valence-corrected chi connectivity index (χ4v) is 2.95. The second-order valence-electron chi connectivity index (χ2n) is 6.14. The number of carbonyl (C=O) groups excluding carboxylic acids is 2. The van der Waals surface area contributed by atoms with Crippen molar-refractivity contribution in [2.75, 3.05) is 20.3 Å². The molecule has 1 N–H and O–H groups in total. The van der Waals surface area contributed by atoms with E-state index in [4.69, 9.17) is 9.47 Å². The number of hydrogen-bond acceptors (Lipinski definition) is 4. The van der Waals surface area contributed by atoms with Gasteiger partial charge in [0, 0.05) is 5.56 Å². The van der Waals surface area contributed by atoms with E-state index in [1.54, 1.807) is 24.3 Å². The van der Waals surface area contributed by atoms with Crippen LogP contribution < -0.4 is 14.8 Å². The molecule has 1 fully saturated rings. The van der Waals surface area contributed by atoms with E-state index in [2.05, 4.69) is 5.32 Å². The van der Waals surface area contributed by atoms with Crippen molar-refractivity contribution < 1.29 is 27.8 Å². The number of hydrogen-bond donors (Lipinski definition) is 1. The normalized spacial score (nSPS) is 19.2. The predicted molar refractivity (Wildman–Crippen MR) is 92.4 cm³/mol. The summed E-state index contributed by atoms with van der Waals surface area (Å²) < 4.78 is 38.4. The van der Waals surface area contributed by atoms with Gasteiger partial charge in [-0.15, -0.1) is 0 Å². The lowest BCUT2D eigenvalue weighted by molar-refractivity contribution is -0.131. The highest BCUT2D eigenvalue weighted by atomic mass is 19.1. The summed E-state index contributed by atoms with van der Waals surface area (Å²) in [7, 11) is 1.50. The number of urea groups is 1. The molecule has 0 saturated carbocycles. The highest BCUT2D eigenvalue weighted by Crippen LogP contribution is 2.31. The molecule has 1 unspecified atom stereocenters. The SMILES string of the molecule is COc1ccccc1OCCN1C(=O)NC(C)(c2cc(F)ccc2F)C1=O. The minimum atomic E-state index is -1.69. The zero-order chi connectivity index (χ0) is 19.6. The Hall–Kier alpha value is -3.16. The van der Waals surface area contributed by atoms with Crippen LogP contribution in [0.5, 0.6) is 11.5 Å². The molecule has 0 aromatic heterocycles. The highest BCUT2D eigenvalue weighted by molar-refractivity contribution is 6.07. The zero-order valence-corrected chi connectivity index (χ0v) is 14.8. The minimum absolute atomic E-state index is 0.0151. The Kier molecular flexibility index (Phi) is 4.98. The summed E-state index contributed by atoms with van der Waals surface area (Å²) in [6.45, 7) is 1.29. The van der Waals surface area contributed by atoms with Gasteiger partial charge in [0.05, 0.1) is 13.7 Å². The van der Waals surface area contributed by atoms with Crippen molar-refractivity contribution in [1.82, 2.24) is 10.2 Å². The smallest absolute Gasteiger partial charge is 0.325 e. The van der Waals surface area contributed by atoms with Crippen LogP contribution in [0.2, 0.25) is 0 Å². The number of halogens is 2. The molecule has 2 aromatic rings.